The second-order valence-electron chi connectivity index (χ2n) is 5.01. The molecule has 0 aromatic carbocycles. The number of nitrogens with two attached hydrogens (primary N) is 1. The van der Waals surface area contributed by atoms with Crippen molar-refractivity contribution in [3.63, 3.8) is 0 Å². The van der Waals surface area contributed by atoms with Crippen LogP contribution in [-0.4, -0.2) is 23.2 Å². The van der Waals surface area contributed by atoms with Gasteiger partial charge in [0.15, 0.2) is 5.82 Å². The largest absolute Gasteiger partial charge is 0.396 e. The van der Waals surface area contributed by atoms with Gasteiger partial charge in [-0.15, -0.1) is 0 Å². The first-order valence-electron chi connectivity index (χ1n) is 5.79. The highest BCUT2D eigenvalue weighted by Crippen LogP contribution is 2.27. The van der Waals surface area contributed by atoms with Crippen LogP contribution in [0.5, 0.6) is 0 Å². The first-order chi connectivity index (χ1) is 7.96. The first kappa shape index (κ1) is 12.5. The van der Waals surface area contributed by atoms with Crippen LogP contribution in [0.25, 0.3) is 0 Å². The minimum atomic E-state index is -0.0940. The second kappa shape index (κ2) is 4.70. The Morgan fingerprint density at radius 1 is 1.53 bits per heavy atom. The molecule has 94 valence electrons. The zero-order valence-corrected chi connectivity index (χ0v) is 10.9. The third kappa shape index (κ3) is 3.23. The van der Waals surface area contributed by atoms with Crippen molar-refractivity contribution in [2.24, 2.45) is 0 Å². The predicted octanol–water partition coefficient (Wildman–Crippen LogP) is 2.69. The summed E-state index contributed by atoms with van der Waals surface area (Å²) in [7, 11) is 0. The summed E-state index contributed by atoms with van der Waals surface area (Å²) in [6.07, 6.45) is 1.89. The van der Waals surface area contributed by atoms with Crippen molar-refractivity contribution in [1.82, 2.24) is 4.98 Å². The van der Waals surface area contributed by atoms with Crippen molar-refractivity contribution < 1.29 is 4.74 Å². The van der Waals surface area contributed by atoms with Gasteiger partial charge in [-0.05, 0) is 38.8 Å². The van der Waals surface area contributed by atoms with Crippen LogP contribution in [0.3, 0.4) is 0 Å². The van der Waals surface area contributed by atoms with Gasteiger partial charge < -0.3 is 15.8 Å². The summed E-state index contributed by atoms with van der Waals surface area (Å²) in [5.41, 5.74) is 6.39. The highest BCUT2D eigenvalue weighted by molar-refractivity contribution is 6.29. The Hall–Kier alpha value is -1.00. The molecule has 0 aliphatic carbocycles. The minimum absolute atomic E-state index is 0.0940. The molecule has 1 aliphatic rings. The van der Waals surface area contributed by atoms with Crippen LogP contribution in [0.1, 0.15) is 26.7 Å². The van der Waals surface area contributed by atoms with Crippen LogP contribution >= 0.6 is 11.6 Å². The Balaban J connectivity index is 2.07. The molecule has 5 heteroatoms. The number of hydrogen-bond acceptors (Lipinski definition) is 4. The molecule has 0 saturated carbocycles. The number of halogens is 1. The lowest BCUT2D eigenvalue weighted by atomic mass is 9.94. The summed E-state index contributed by atoms with van der Waals surface area (Å²) >= 11 is 5.86. The lowest BCUT2D eigenvalue weighted by Gasteiger charge is -2.36. The third-order valence-electron chi connectivity index (χ3n) is 2.93. The van der Waals surface area contributed by atoms with E-state index in [4.69, 9.17) is 22.1 Å². The molecule has 1 fully saturated rings. The number of ether oxygens (including phenoxy) is 1. The summed E-state index contributed by atoms with van der Waals surface area (Å²) < 4.78 is 5.67. The molecule has 3 N–H and O–H groups in total. The Labute approximate surface area is 107 Å². The number of pyridine rings is 1. The zero-order valence-electron chi connectivity index (χ0n) is 10.2. The van der Waals surface area contributed by atoms with Gasteiger partial charge in [-0.2, -0.15) is 0 Å². The van der Waals surface area contributed by atoms with Crippen molar-refractivity contribution >= 4 is 23.1 Å². The van der Waals surface area contributed by atoms with E-state index in [1.54, 1.807) is 12.1 Å². The molecule has 0 bridgehead atoms. The number of hydrogen-bond donors (Lipinski definition) is 2. The summed E-state index contributed by atoms with van der Waals surface area (Å²) in [5.74, 6) is 0.667. The van der Waals surface area contributed by atoms with Crippen LogP contribution in [0.15, 0.2) is 12.1 Å². The van der Waals surface area contributed by atoms with E-state index in [2.05, 4.69) is 24.1 Å². The molecular formula is C12H18ClN3O. The maximum Gasteiger partial charge on any atom is 0.151 e. The normalized spacial score (nSPS) is 23.4. The van der Waals surface area contributed by atoms with E-state index >= 15 is 0 Å². The fraction of sp³-hybridized carbons (Fsp3) is 0.583. The van der Waals surface area contributed by atoms with Crippen LogP contribution in [0, 0.1) is 0 Å². The van der Waals surface area contributed by atoms with Crippen LogP contribution < -0.4 is 11.1 Å². The number of aromatic nitrogens is 1. The van der Waals surface area contributed by atoms with Gasteiger partial charge in [0.25, 0.3) is 0 Å². The zero-order chi connectivity index (χ0) is 12.5. The lowest BCUT2D eigenvalue weighted by molar-refractivity contribution is -0.0553. The summed E-state index contributed by atoms with van der Waals surface area (Å²) in [5, 5.41) is 3.80. The summed E-state index contributed by atoms with van der Waals surface area (Å²) in [4.78, 5) is 4.20. The molecule has 2 rings (SSSR count). The number of rotatable bonds is 2. The number of anilines is 2. The topological polar surface area (TPSA) is 60.2 Å². The molecule has 0 radical (unpaired) electrons. The average molecular weight is 256 g/mol. The first-order valence-corrected chi connectivity index (χ1v) is 6.17. The SMILES string of the molecule is CC1(C)CC(Nc2nc(Cl)ccc2N)CCO1. The van der Waals surface area contributed by atoms with Crippen molar-refractivity contribution in [1.29, 1.82) is 0 Å². The van der Waals surface area contributed by atoms with Crippen molar-refractivity contribution in [2.75, 3.05) is 17.7 Å². The molecule has 2 heterocycles. The highest BCUT2D eigenvalue weighted by Gasteiger charge is 2.29. The molecule has 4 nitrogen and oxygen atoms in total. The smallest absolute Gasteiger partial charge is 0.151 e. The fourth-order valence-electron chi connectivity index (χ4n) is 2.11. The monoisotopic (exact) mass is 255 g/mol. The predicted molar refractivity (Wildman–Crippen MR) is 70.3 cm³/mol. The number of nitrogen functional groups attached to an aromatic ring is 1. The maximum atomic E-state index is 5.86. The Morgan fingerprint density at radius 3 is 3.00 bits per heavy atom. The van der Waals surface area contributed by atoms with Gasteiger partial charge in [0, 0.05) is 12.6 Å². The molecule has 0 amide bonds. The lowest BCUT2D eigenvalue weighted by Crippen LogP contribution is -2.40. The van der Waals surface area contributed by atoms with Gasteiger partial charge in [0.05, 0.1) is 11.3 Å². The second-order valence-corrected chi connectivity index (χ2v) is 5.40. The van der Waals surface area contributed by atoms with Crippen molar-refractivity contribution in [2.45, 2.75) is 38.3 Å². The molecule has 1 aromatic heterocycles. The molecule has 17 heavy (non-hydrogen) atoms. The number of nitrogens with zero attached hydrogens (tertiary/aromatic N) is 1. The fourth-order valence-corrected chi connectivity index (χ4v) is 2.26. The third-order valence-corrected chi connectivity index (χ3v) is 3.14. The Kier molecular flexibility index (Phi) is 3.45. The van der Waals surface area contributed by atoms with E-state index in [-0.39, 0.29) is 5.60 Å². The average Bonchev–Trinajstić information content (AvgIpc) is 2.22. The summed E-state index contributed by atoms with van der Waals surface area (Å²) in [6.45, 7) is 4.94. The summed E-state index contributed by atoms with van der Waals surface area (Å²) in [6, 6.07) is 3.78. The van der Waals surface area contributed by atoms with Crippen molar-refractivity contribution in [3.8, 4) is 0 Å². The van der Waals surface area contributed by atoms with Crippen LogP contribution in [-0.2, 0) is 4.74 Å². The number of nitrogens with one attached hydrogen (secondary N) is 1. The maximum absolute atomic E-state index is 5.86. The van der Waals surface area contributed by atoms with E-state index in [1.807, 2.05) is 0 Å². The molecule has 0 spiro atoms. The van der Waals surface area contributed by atoms with Gasteiger partial charge >= 0.3 is 0 Å². The molecule has 1 aliphatic heterocycles. The van der Waals surface area contributed by atoms with Gasteiger partial charge in [-0.25, -0.2) is 4.98 Å². The Bertz CT molecular complexity index is 409. The van der Waals surface area contributed by atoms with E-state index in [0.717, 1.165) is 19.4 Å². The van der Waals surface area contributed by atoms with Crippen LogP contribution in [0.2, 0.25) is 5.15 Å². The minimum Gasteiger partial charge on any atom is -0.396 e. The van der Waals surface area contributed by atoms with Crippen LogP contribution in [0.4, 0.5) is 11.5 Å². The van der Waals surface area contributed by atoms with E-state index in [9.17, 15) is 0 Å². The van der Waals surface area contributed by atoms with Gasteiger partial charge in [-0.1, -0.05) is 11.6 Å². The quantitative estimate of drug-likeness (QED) is 0.798. The highest BCUT2D eigenvalue weighted by atomic mass is 35.5. The molecule has 1 saturated heterocycles. The standard InChI is InChI=1S/C12H18ClN3O/c1-12(2)7-8(5-6-17-12)15-11-9(14)3-4-10(13)16-11/h3-4,8H,5-7,14H2,1-2H3,(H,15,16). The van der Waals surface area contributed by atoms with E-state index < -0.39 is 0 Å². The molecule has 1 aromatic rings. The molecule has 1 unspecified atom stereocenters. The molecular weight excluding hydrogens is 238 g/mol. The Morgan fingerprint density at radius 2 is 2.29 bits per heavy atom. The molecule has 1 atom stereocenters. The van der Waals surface area contributed by atoms with E-state index in [0.29, 0.717) is 22.7 Å². The van der Waals surface area contributed by atoms with Crippen molar-refractivity contribution in [3.05, 3.63) is 17.3 Å². The van der Waals surface area contributed by atoms with Gasteiger partial charge in [-0.3, -0.25) is 0 Å². The van der Waals surface area contributed by atoms with Gasteiger partial charge in [0.1, 0.15) is 5.15 Å². The van der Waals surface area contributed by atoms with Gasteiger partial charge in [0.2, 0.25) is 0 Å². The van der Waals surface area contributed by atoms with E-state index in [1.165, 1.54) is 0 Å².